The van der Waals surface area contributed by atoms with E-state index in [4.69, 9.17) is 37.9 Å². The van der Waals surface area contributed by atoms with E-state index in [0.29, 0.717) is 48.3 Å². The second-order valence-electron chi connectivity index (χ2n) is 21.1. The van der Waals surface area contributed by atoms with Crippen LogP contribution in [-0.2, 0) is 37.9 Å². The van der Waals surface area contributed by atoms with Gasteiger partial charge >= 0.3 is 0 Å². The van der Waals surface area contributed by atoms with E-state index in [1.165, 1.54) is 25.8 Å². The smallest absolute Gasteiger partial charge is 0.187 e. The Morgan fingerprint density at radius 1 is 0.689 bits per heavy atom. The molecule has 8 fully saturated rings. The van der Waals surface area contributed by atoms with Crippen molar-refractivity contribution in [2.45, 2.75) is 209 Å². The largest absolute Gasteiger partial charge is 0.394 e. The summed E-state index contributed by atoms with van der Waals surface area (Å²) in [6, 6.07) is 0. The topological polar surface area (TPSA) is 236 Å². The van der Waals surface area contributed by atoms with Gasteiger partial charge in [-0.15, -0.1) is 0 Å². The van der Waals surface area contributed by atoms with Gasteiger partial charge in [-0.1, -0.05) is 39.3 Å². The highest BCUT2D eigenvalue weighted by Crippen LogP contribution is 2.70. The first-order valence-electron chi connectivity index (χ1n) is 23.2. The van der Waals surface area contributed by atoms with Crippen molar-refractivity contribution in [2.75, 3.05) is 13.2 Å². The molecule has 0 aromatic rings. The third-order valence-corrected chi connectivity index (χ3v) is 17.6. The molecule has 8 N–H and O–H groups in total. The summed E-state index contributed by atoms with van der Waals surface area (Å²) in [5, 5.41) is 85.9. The van der Waals surface area contributed by atoms with Gasteiger partial charge in [0, 0.05) is 12.3 Å². The van der Waals surface area contributed by atoms with Crippen LogP contribution in [-0.4, -0.2) is 164 Å². The minimum Gasteiger partial charge on any atom is -0.394 e. The molecule has 0 bridgehead atoms. The molecule has 4 aliphatic carbocycles. The fourth-order valence-corrected chi connectivity index (χ4v) is 14.0. The van der Waals surface area contributed by atoms with E-state index in [1.807, 2.05) is 0 Å². The van der Waals surface area contributed by atoms with Crippen molar-refractivity contribution in [3.63, 3.8) is 0 Å². The van der Waals surface area contributed by atoms with Gasteiger partial charge in [-0.2, -0.15) is 0 Å². The van der Waals surface area contributed by atoms with E-state index in [-0.39, 0.29) is 23.0 Å². The van der Waals surface area contributed by atoms with Crippen LogP contribution in [0, 0.1) is 46.3 Å². The van der Waals surface area contributed by atoms with Crippen LogP contribution in [0.2, 0.25) is 0 Å². The Hall–Kier alpha value is -0.900. The highest BCUT2D eigenvalue weighted by atomic mass is 16.8. The molecule has 9 rings (SSSR count). The van der Waals surface area contributed by atoms with Crippen LogP contribution >= 0.6 is 0 Å². The predicted molar refractivity (Wildman–Crippen MR) is 213 cm³/mol. The number of hydrogen-bond acceptors (Lipinski definition) is 16. The van der Waals surface area contributed by atoms with Gasteiger partial charge in [0.05, 0.1) is 37.6 Å². The number of ether oxygens (including phenoxy) is 8. The highest BCUT2D eigenvalue weighted by Gasteiger charge is 2.69. The molecule has 348 valence electrons. The third-order valence-electron chi connectivity index (χ3n) is 17.6. The molecule has 0 aromatic carbocycles. The predicted octanol–water partition coefficient (Wildman–Crippen LogP) is 1.24. The molecule has 3 saturated carbocycles. The average Bonchev–Trinajstić information content (AvgIpc) is 3.69. The minimum absolute atomic E-state index is 0.0171. The van der Waals surface area contributed by atoms with Crippen LogP contribution < -0.4 is 0 Å². The van der Waals surface area contributed by atoms with Crippen LogP contribution in [0.5, 0.6) is 0 Å². The maximum absolute atomic E-state index is 12.0. The minimum atomic E-state index is -1.71. The van der Waals surface area contributed by atoms with E-state index in [9.17, 15) is 40.9 Å². The van der Waals surface area contributed by atoms with Crippen molar-refractivity contribution in [2.24, 2.45) is 46.3 Å². The molecule has 5 aliphatic heterocycles. The number of allylic oxidation sites excluding steroid dienone is 1. The molecule has 0 radical (unpaired) electrons. The number of fused-ring (bicyclic) bond motifs is 7. The molecule has 16 heteroatoms. The Balaban J connectivity index is 0.916. The molecular formula is C45H72O16. The van der Waals surface area contributed by atoms with Crippen LogP contribution in [0.3, 0.4) is 0 Å². The van der Waals surface area contributed by atoms with Crippen molar-refractivity contribution >= 4 is 0 Å². The first kappa shape index (κ1) is 45.3. The lowest BCUT2D eigenvalue weighted by Gasteiger charge is -2.58. The third kappa shape index (κ3) is 7.42. The van der Waals surface area contributed by atoms with Gasteiger partial charge in [0.2, 0.25) is 0 Å². The van der Waals surface area contributed by atoms with E-state index >= 15 is 0 Å². The Bertz CT molecular complexity index is 1590. The van der Waals surface area contributed by atoms with Crippen LogP contribution in [0.25, 0.3) is 0 Å². The lowest BCUT2D eigenvalue weighted by Crippen LogP contribution is -2.66. The summed E-state index contributed by atoms with van der Waals surface area (Å²) in [4.78, 5) is 0. The first-order valence-corrected chi connectivity index (χ1v) is 23.2. The van der Waals surface area contributed by atoms with E-state index in [0.717, 1.165) is 45.1 Å². The number of rotatable bonds is 7. The highest BCUT2D eigenvalue weighted by molar-refractivity contribution is 5.26. The summed E-state index contributed by atoms with van der Waals surface area (Å²) < 4.78 is 50.1. The lowest BCUT2D eigenvalue weighted by atomic mass is 9.47. The van der Waals surface area contributed by atoms with Gasteiger partial charge in [-0.3, -0.25) is 0 Å². The molecule has 5 heterocycles. The van der Waals surface area contributed by atoms with E-state index in [2.05, 4.69) is 33.8 Å². The van der Waals surface area contributed by atoms with Gasteiger partial charge in [0.25, 0.3) is 0 Å². The summed E-state index contributed by atoms with van der Waals surface area (Å²) in [6.45, 7) is 12.7. The normalized spacial score (nSPS) is 58.4. The van der Waals surface area contributed by atoms with Crippen LogP contribution in [0.4, 0.5) is 0 Å². The molecule has 0 aromatic heterocycles. The van der Waals surface area contributed by atoms with Crippen molar-refractivity contribution in [1.82, 2.24) is 0 Å². The zero-order chi connectivity index (χ0) is 43.5. The average molecular weight is 869 g/mol. The molecule has 16 nitrogen and oxygen atoms in total. The van der Waals surface area contributed by atoms with Crippen molar-refractivity contribution in [3.8, 4) is 0 Å². The van der Waals surface area contributed by atoms with Crippen LogP contribution in [0.15, 0.2) is 11.6 Å². The summed E-state index contributed by atoms with van der Waals surface area (Å²) in [5.74, 6) is 2.64. The van der Waals surface area contributed by atoms with Crippen LogP contribution in [0.1, 0.15) is 99.3 Å². The molecule has 4 unspecified atom stereocenters. The number of hydrogen-bond donors (Lipinski definition) is 8. The van der Waals surface area contributed by atoms with Crippen molar-refractivity contribution < 1.29 is 78.7 Å². The molecule has 9 aliphatic rings. The van der Waals surface area contributed by atoms with E-state index in [1.54, 1.807) is 0 Å². The molecule has 0 amide bonds. The van der Waals surface area contributed by atoms with E-state index < -0.39 is 105 Å². The monoisotopic (exact) mass is 868 g/mol. The summed E-state index contributed by atoms with van der Waals surface area (Å²) in [7, 11) is 0. The first-order chi connectivity index (χ1) is 28.9. The molecule has 5 saturated heterocycles. The Kier molecular flexibility index (Phi) is 12.4. The van der Waals surface area contributed by atoms with Crippen molar-refractivity contribution in [1.29, 1.82) is 0 Å². The summed E-state index contributed by atoms with van der Waals surface area (Å²) in [5.41, 5.74) is 1.53. The second-order valence-corrected chi connectivity index (χ2v) is 21.1. The second kappa shape index (κ2) is 16.8. The molecular weight excluding hydrogens is 796 g/mol. The zero-order valence-electron chi connectivity index (χ0n) is 36.5. The standard InChI is InChI=1S/C45H72O16/c1-19-9-14-45(54-18-19)20(2)30-28(61-45)16-27-25-8-7-23-15-24(10-12-43(23,5)26(25)11-13-44(27,30)6)57-42-39(60-41-36(52)34(50)32(48)22(4)56-41)37(53)38(29(17-46)58-42)59-40-35(51)33(49)31(47)21(3)55-40/h7,19-22,24-42,46-53H,8-18H2,1-6H3/t19?,20-,21-,22-,24-,25?,26?,27?,28-,29+,30-,31-,32-,33+,34+,35+,36+,37-,38+,39+,40-,41-,42+,43-,44-,45+/m0/s1. The number of aliphatic hydroxyl groups is 8. The maximum atomic E-state index is 12.0. The number of aliphatic hydroxyl groups excluding tert-OH is 8. The zero-order valence-corrected chi connectivity index (χ0v) is 36.5. The quantitative estimate of drug-likeness (QED) is 0.168. The lowest BCUT2D eigenvalue weighted by molar-refractivity contribution is -0.388. The van der Waals surface area contributed by atoms with Gasteiger partial charge < -0.3 is 78.7 Å². The maximum Gasteiger partial charge on any atom is 0.187 e. The van der Waals surface area contributed by atoms with Crippen molar-refractivity contribution in [3.05, 3.63) is 11.6 Å². The SMILES string of the molecule is CC1CC[C@@]2(OC1)O[C@H]1CC3C4CC=C5C[C@@H](O[C@@H]6O[C@H](CO)[C@@H](O[C@@H]7O[C@@H](C)[C@H](O)[C@@H](O)[C@H]7O)[C@H](O)[C@H]6O[C@@H]6O[C@@H](C)[C@H](O)[C@@H](O)[C@H]6O)CC[C@]5(C)C4CC[C@]3(C)[C@H]1[C@@H]2C. The Morgan fingerprint density at radius 2 is 1.34 bits per heavy atom. The fraction of sp³-hybridized carbons (Fsp3) is 0.956. The summed E-state index contributed by atoms with van der Waals surface area (Å²) in [6.07, 6.45) is -10.4. The Labute approximate surface area is 358 Å². The molecule has 1 spiro atoms. The van der Waals surface area contributed by atoms with Gasteiger partial charge in [-0.05, 0) is 106 Å². The van der Waals surface area contributed by atoms with Gasteiger partial charge in [-0.25, -0.2) is 0 Å². The molecule has 26 atom stereocenters. The van der Waals surface area contributed by atoms with Gasteiger partial charge in [0.1, 0.15) is 61.0 Å². The molecule has 61 heavy (non-hydrogen) atoms. The fourth-order valence-electron chi connectivity index (χ4n) is 14.0. The van der Waals surface area contributed by atoms with Gasteiger partial charge in [0.15, 0.2) is 24.7 Å². The Morgan fingerprint density at radius 3 is 1.97 bits per heavy atom. The summed E-state index contributed by atoms with van der Waals surface area (Å²) >= 11 is 0.